The minimum absolute atomic E-state index is 0.123. The van der Waals surface area contributed by atoms with E-state index in [0.29, 0.717) is 6.54 Å². The van der Waals surface area contributed by atoms with Crippen LogP contribution < -0.4 is 11.0 Å². The van der Waals surface area contributed by atoms with Crippen molar-refractivity contribution in [2.24, 2.45) is 0 Å². The van der Waals surface area contributed by atoms with E-state index < -0.39 is 10.8 Å². The molecule has 0 spiro atoms. The van der Waals surface area contributed by atoms with Crippen molar-refractivity contribution in [3.8, 4) is 0 Å². The fourth-order valence-electron chi connectivity index (χ4n) is 1.90. The van der Waals surface area contributed by atoms with Gasteiger partial charge in [-0.05, 0) is 31.5 Å². The molecule has 5 nitrogen and oxygen atoms in total. The zero-order valence-corrected chi connectivity index (χ0v) is 12.1. The number of fused-ring (bicyclic) bond motifs is 1. The van der Waals surface area contributed by atoms with Gasteiger partial charge in [-0.1, -0.05) is 6.07 Å². The first-order valence-electron chi connectivity index (χ1n) is 6.25. The Balaban J connectivity index is 2.10. The molecular formula is C13H19N3O2S. The van der Waals surface area contributed by atoms with Gasteiger partial charge < -0.3 is 15.3 Å². The fourth-order valence-corrected chi connectivity index (χ4v) is 2.23. The van der Waals surface area contributed by atoms with Gasteiger partial charge in [0.2, 0.25) is 0 Å². The summed E-state index contributed by atoms with van der Waals surface area (Å²) >= 11 is 0. The fraction of sp³-hybridized carbons (Fsp3) is 0.462. The van der Waals surface area contributed by atoms with Crippen LogP contribution in [0.2, 0.25) is 0 Å². The summed E-state index contributed by atoms with van der Waals surface area (Å²) < 4.78 is 11.3. The van der Waals surface area contributed by atoms with Gasteiger partial charge in [0, 0.05) is 34.9 Å². The van der Waals surface area contributed by atoms with E-state index in [1.165, 1.54) is 0 Å². The van der Waals surface area contributed by atoms with Crippen LogP contribution in [0.15, 0.2) is 23.0 Å². The summed E-state index contributed by atoms with van der Waals surface area (Å²) in [6, 6.07) is 5.98. The molecule has 3 atom stereocenters. The van der Waals surface area contributed by atoms with Gasteiger partial charge in [0.15, 0.2) is 0 Å². The molecule has 0 amide bonds. The number of benzene rings is 1. The second kappa shape index (κ2) is 5.71. The van der Waals surface area contributed by atoms with Crippen LogP contribution in [0.5, 0.6) is 0 Å². The van der Waals surface area contributed by atoms with E-state index in [1.807, 2.05) is 25.1 Å². The lowest BCUT2D eigenvalue weighted by atomic mass is 10.1. The lowest BCUT2D eigenvalue weighted by Gasteiger charge is -2.17. The monoisotopic (exact) mass is 281 g/mol. The maximum Gasteiger partial charge on any atom is 0.323 e. The van der Waals surface area contributed by atoms with Crippen molar-refractivity contribution in [1.29, 1.82) is 0 Å². The zero-order valence-electron chi connectivity index (χ0n) is 11.3. The molecule has 6 heteroatoms. The van der Waals surface area contributed by atoms with Crippen molar-refractivity contribution < 1.29 is 4.21 Å². The smallest absolute Gasteiger partial charge is 0.309 e. The van der Waals surface area contributed by atoms with Gasteiger partial charge in [0.25, 0.3) is 0 Å². The van der Waals surface area contributed by atoms with Gasteiger partial charge in [0.05, 0.1) is 11.0 Å². The molecule has 0 aliphatic carbocycles. The van der Waals surface area contributed by atoms with Crippen LogP contribution in [0.1, 0.15) is 25.5 Å². The predicted molar refractivity (Wildman–Crippen MR) is 78.9 cm³/mol. The van der Waals surface area contributed by atoms with E-state index in [0.717, 1.165) is 16.6 Å². The first kappa shape index (κ1) is 14.0. The molecule has 0 aliphatic rings. The van der Waals surface area contributed by atoms with Gasteiger partial charge in [-0.2, -0.15) is 0 Å². The van der Waals surface area contributed by atoms with E-state index in [-0.39, 0.29) is 17.0 Å². The van der Waals surface area contributed by atoms with Crippen LogP contribution in [0.4, 0.5) is 0 Å². The van der Waals surface area contributed by atoms with Crippen molar-refractivity contribution in [3.63, 3.8) is 0 Å². The van der Waals surface area contributed by atoms with Gasteiger partial charge in [-0.3, -0.25) is 4.21 Å². The van der Waals surface area contributed by atoms with Crippen molar-refractivity contribution in [1.82, 2.24) is 15.3 Å². The Morgan fingerprint density at radius 2 is 1.95 bits per heavy atom. The molecule has 1 aromatic carbocycles. The Labute approximate surface area is 114 Å². The van der Waals surface area contributed by atoms with Crippen molar-refractivity contribution >= 4 is 21.8 Å². The Bertz CT molecular complexity index is 647. The Morgan fingerprint density at radius 1 is 1.26 bits per heavy atom. The Hall–Kier alpha value is -1.40. The number of hydrogen-bond acceptors (Lipinski definition) is 3. The molecule has 1 heterocycles. The summed E-state index contributed by atoms with van der Waals surface area (Å²) in [5.74, 6) is 0. The number of hydrogen-bond donors (Lipinski definition) is 3. The van der Waals surface area contributed by atoms with Crippen LogP contribution in [0.3, 0.4) is 0 Å². The molecule has 0 saturated carbocycles. The van der Waals surface area contributed by atoms with Crippen molar-refractivity contribution in [2.75, 3.05) is 12.8 Å². The minimum Gasteiger partial charge on any atom is -0.309 e. The average molecular weight is 281 g/mol. The molecule has 0 aliphatic heterocycles. The number of nitrogens with one attached hydrogen (secondary N) is 3. The molecule has 19 heavy (non-hydrogen) atoms. The first-order valence-corrected chi connectivity index (χ1v) is 7.87. The van der Waals surface area contributed by atoms with Crippen LogP contribution in [-0.2, 0) is 10.8 Å². The zero-order chi connectivity index (χ0) is 14.0. The quantitative estimate of drug-likeness (QED) is 0.772. The van der Waals surface area contributed by atoms with E-state index in [2.05, 4.69) is 22.2 Å². The van der Waals surface area contributed by atoms with Gasteiger partial charge in [-0.15, -0.1) is 0 Å². The SMILES string of the molecule is CC(NCC(C)S(C)=O)c1ccc2[nH]c(=O)[nH]c2c1. The second-order valence-electron chi connectivity index (χ2n) is 4.82. The summed E-state index contributed by atoms with van der Waals surface area (Å²) in [4.78, 5) is 16.7. The largest absolute Gasteiger partial charge is 0.323 e. The lowest BCUT2D eigenvalue weighted by molar-refractivity contribution is 0.569. The standard InChI is InChI=1S/C13H19N3O2S/c1-8(19(3)18)7-14-9(2)10-4-5-11-12(6-10)16-13(17)15-11/h4-6,8-9,14H,7H2,1-3H3,(H2,15,16,17). The molecule has 0 fully saturated rings. The molecule has 1 aromatic heterocycles. The summed E-state index contributed by atoms with van der Waals surface area (Å²) in [6.45, 7) is 4.71. The van der Waals surface area contributed by atoms with Crippen molar-refractivity contribution in [2.45, 2.75) is 25.1 Å². The highest BCUT2D eigenvalue weighted by molar-refractivity contribution is 7.84. The molecule has 0 radical (unpaired) electrons. The molecule has 3 N–H and O–H groups in total. The third kappa shape index (κ3) is 3.33. The molecule has 3 unspecified atom stereocenters. The summed E-state index contributed by atoms with van der Waals surface area (Å²) in [6.07, 6.45) is 1.72. The Morgan fingerprint density at radius 3 is 2.63 bits per heavy atom. The molecule has 104 valence electrons. The maximum absolute atomic E-state index is 11.3. The number of imidazole rings is 1. The predicted octanol–water partition coefficient (Wildman–Crippen LogP) is 1.27. The number of rotatable bonds is 5. The van der Waals surface area contributed by atoms with E-state index >= 15 is 0 Å². The van der Waals surface area contributed by atoms with Gasteiger partial charge in [0.1, 0.15) is 0 Å². The third-order valence-corrected chi connectivity index (χ3v) is 4.62. The van der Waals surface area contributed by atoms with Crippen LogP contribution in [0, 0.1) is 0 Å². The molecule has 2 aromatic rings. The Kier molecular flexibility index (Phi) is 4.21. The van der Waals surface area contributed by atoms with E-state index in [4.69, 9.17) is 0 Å². The average Bonchev–Trinajstić information content (AvgIpc) is 2.74. The van der Waals surface area contributed by atoms with Crippen LogP contribution in [-0.4, -0.2) is 32.2 Å². The summed E-state index contributed by atoms with van der Waals surface area (Å²) in [7, 11) is -0.817. The third-order valence-electron chi connectivity index (χ3n) is 3.32. The normalized spacial score (nSPS) is 16.4. The highest BCUT2D eigenvalue weighted by Crippen LogP contribution is 2.17. The van der Waals surface area contributed by atoms with Crippen LogP contribution in [0.25, 0.3) is 11.0 Å². The van der Waals surface area contributed by atoms with Crippen molar-refractivity contribution in [3.05, 3.63) is 34.2 Å². The maximum atomic E-state index is 11.3. The van der Waals surface area contributed by atoms with Gasteiger partial charge in [-0.25, -0.2) is 4.79 Å². The minimum atomic E-state index is -0.817. The molecular weight excluding hydrogens is 262 g/mol. The molecule has 2 rings (SSSR count). The summed E-state index contributed by atoms with van der Waals surface area (Å²) in [5, 5.41) is 3.48. The van der Waals surface area contributed by atoms with Gasteiger partial charge >= 0.3 is 5.69 Å². The number of aromatic nitrogens is 2. The highest BCUT2D eigenvalue weighted by Gasteiger charge is 2.10. The van der Waals surface area contributed by atoms with E-state index in [1.54, 1.807) is 6.26 Å². The number of H-pyrrole nitrogens is 2. The molecule has 0 saturated heterocycles. The highest BCUT2D eigenvalue weighted by atomic mass is 32.2. The second-order valence-corrected chi connectivity index (χ2v) is 6.63. The molecule has 0 bridgehead atoms. The topological polar surface area (TPSA) is 77.8 Å². The van der Waals surface area contributed by atoms with E-state index in [9.17, 15) is 9.00 Å². The first-order chi connectivity index (χ1) is 8.97. The number of aromatic amines is 2. The summed E-state index contributed by atoms with van der Waals surface area (Å²) in [5.41, 5.74) is 2.52. The van der Waals surface area contributed by atoms with Crippen LogP contribution >= 0.6 is 0 Å². The lowest BCUT2D eigenvalue weighted by Crippen LogP contribution is -2.29.